The SMILES string of the molecule is CNc1cc(-c2cn(C3COC3)c3ncccc23)nc2c(C(=O)N[C@@H]3CC[C@@H]3O)cnn12. The van der Waals surface area contributed by atoms with E-state index in [1.165, 1.54) is 6.20 Å². The van der Waals surface area contributed by atoms with Gasteiger partial charge >= 0.3 is 0 Å². The molecule has 2 aliphatic rings. The first-order chi connectivity index (χ1) is 15.6. The van der Waals surface area contributed by atoms with Crippen LogP contribution in [0.3, 0.4) is 0 Å². The van der Waals surface area contributed by atoms with Gasteiger partial charge in [0.1, 0.15) is 17.0 Å². The summed E-state index contributed by atoms with van der Waals surface area (Å²) in [5.41, 5.74) is 3.36. The average Bonchev–Trinajstić information content (AvgIpc) is 3.37. The molecule has 0 radical (unpaired) electrons. The number of carbonyl (C=O) groups is 1. The van der Waals surface area contributed by atoms with Crippen molar-refractivity contribution < 1.29 is 14.6 Å². The zero-order valence-electron chi connectivity index (χ0n) is 17.5. The number of nitrogens with zero attached hydrogens (tertiary/aromatic N) is 5. The molecule has 4 aromatic rings. The van der Waals surface area contributed by atoms with Gasteiger partial charge in [0.2, 0.25) is 0 Å². The Morgan fingerprint density at radius 3 is 2.84 bits per heavy atom. The highest BCUT2D eigenvalue weighted by Crippen LogP contribution is 2.34. The van der Waals surface area contributed by atoms with Gasteiger partial charge in [0.25, 0.3) is 5.91 Å². The molecular weight excluding hydrogens is 410 g/mol. The van der Waals surface area contributed by atoms with E-state index in [2.05, 4.69) is 31.5 Å². The summed E-state index contributed by atoms with van der Waals surface area (Å²) >= 11 is 0. The summed E-state index contributed by atoms with van der Waals surface area (Å²) in [5.74, 6) is 0.427. The molecule has 1 amide bonds. The maximum absolute atomic E-state index is 12.9. The zero-order chi connectivity index (χ0) is 21.8. The summed E-state index contributed by atoms with van der Waals surface area (Å²) in [5, 5.41) is 21.2. The number of pyridine rings is 1. The van der Waals surface area contributed by atoms with E-state index in [0.29, 0.717) is 36.7 Å². The first-order valence-corrected chi connectivity index (χ1v) is 10.7. The van der Waals surface area contributed by atoms with Crippen LogP contribution in [0.4, 0.5) is 5.82 Å². The molecular formula is C22H23N7O3. The monoisotopic (exact) mass is 433 g/mol. The van der Waals surface area contributed by atoms with Crippen molar-refractivity contribution in [3.63, 3.8) is 0 Å². The normalized spacial score (nSPS) is 20.8. The van der Waals surface area contributed by atoms with Crippen LogP contribution in [0.15, 0.2) is 36.8 Å². The Balaban J connectivity index is 1.48. The molecule has 10 nitrogen and oxygen atoms in total. The first-order valence-electron chi connectivity index (χ1n) is 10.7. The third-order valence-electron chi connectivity index (χ3n) is 6.41. The number of rotatable bonds is 5. The highest BCUT2D eigenvalue weighted by Gasteiger charge is 2.31. The van der Waals surface area contributed by atoms with Crippen LogP contribution in [0, 0.1) is 0 Å². The predicted molar refractivity (Wildman–Crippen MR) is 118 cm³/mol. The van der Waals surface area contributed by atoms with Crippen LogP contribution in [0.2, 0.25) is 0 Å². The number of aliphatic hydroxyl groups is 1. The van der Waals surface area contributed by atoms with Crippen molar-refractivity contribution in [3.05, 3.63) is 42.4 Å². The number of anilines is 1. The summed E-state index contributed by atoms with van der Waals surface area (Å²) in [6.07, 6.45) is 6.34. The molecule has 1 aliphatic heterocycles. The lowest BCUT2D eigenvalue weighted by molar-refractivity contribution is -0.0215. The molecule has 3 N–H and O–H groups in total. The van der Waals surface area contributed by atoms with Gasteiger partial charge in [-0.2, -0.15) is 9.61 Å². The minimum atomic E-state index is -0.494. The van der Waals surface area contributed by atoms with Crippen molar-refractivity contribution in [2.75, 3.05) is 25.6 Å². The molecule has 0 aromatic carbocycles. The molecule has 10 heteroatoms. The van der Waals surface area contributed by atoms with Gasteiger partial charge in [-0.1, -0.05) is 0 Å². The molecule has 1 saturated carbocycles. The van der Waals surface area contributed by atoms with Crippen molar-refractivity contribution in [1.29, 1.82) is 0 Å². The standard InChI is InChI=1S/C22H23N7O3/c1-23-19-7-17(15-9-28(12-10-32-11-12)20-13(15)3-2-6-24-20)26-21-14(8-25-29(19)21)22(31)27-16-4-5-18(16)30/h2-3,6-9,12,16,18,23,30H,4-5,10-11H2,1H3,(H,27,31)/t16-,18+/m1/s1. The Labute approximate surface area is 183 Å². The summed E-state index contributed by atoms with van der Waals surface area (Å²) in [4.78, 5) is 22.3. The number of fused-ring (bicyclic) bond motifs is 2. The Hall–Kier alpha value is -3.50. The highest BCUT2D eigenvalue weighted by molar-refractivity contribution is 6.01. The van der Waals surface area contributed by atoms with E-state index in [-0.39, 0.29) is 18.0 Å². The van der Waals surface area contributed by atoms with E-state index in [1.54, 1.807) is 17.8 Å². The van der Waals surface area contributed by atoms with Crippen LogP contribution in [-0.2, 0) is 4.74 Å². The number of carbonyl (C=O) groups excluding carboxylic acids is 1. The average molecular weight is 433 g/mol. The van der Waals surface area contributed by atoms with Crippen LogP contribution >= 0.6 is 0 Å². The third-order valence-corrected chi connectivity index (χ3v) is 6.41. The van der Waals surface area contributed by atoms with Crippen molar-refractivity contribution >= 4 is 28.4 Å². The lowest BCUT2D eigenvalue weighted by Crippen LogP contribution is -2.50. The summed E-state index contributed by atoms with van der Waals surface area (Å²) in [6, 6.07) is 5.88. The van der Waals surface area contributed by atoms with Crippen molar-refractivity contribution in [2.45, 2.75) is 31.0 Å². The van der Waals surface area contributed by atoms with E-state index in [9.17, 15) is 9.90 Å². The molecule has 1 saturated heterocycles. The van der Waals surface area contributed by atoms with Crippen LogP contribution in [0.5, 0.6) is 0 Å². The lowest BCUT2D eigenvalue weighted by atomic mass is 9.89. The van der Waals surface area contributed by atoms with Crippen molar-refractivity contribution in [2.24, 2.45) is 0 Å². The second kappa shape index (κ2) is 7.28. The largest absolute Gasteiger partial charge is 0.391 e. The van der Waals surface area contributed by atoms with Gasteiger partial charge in [-0.15, -0.1) is 0 Å². The number of ether oxygens (including phenoxy) is 1. The number of aromatic nitrogens is 5. The van der Waals surface area contributed by atoms with Crippen LogP contribution in [0.1, 0.15) is 29.2 Å². The second-order valence-corrected chi connectivity index (χ2v) is 8.31. The van der Waals surface area contributed by atoms with Gasteiger partial charge < -0.3 is 25.0 Å². The second-order valence-electron chi connectivity index (χ2n) is 8.31. The van der Waals surface area contributed by atoms with E-state index in [4.69, 9.17) is 9.72 Å². The molecule has 2 fully saturated rings. The van der Waals surface area contributed by atoms with Crippen molar-refractivity contribution in [3.8, 4) is 11.3 Å². The minimum Gasteiger partial charge on any atom is -0.391 e. The topological polar surface area (TPSA) is 119 Å². The summed E-state index contributed by atoms with van der Waals surface area (Å²) < 4.78 is 9.14. The van der Waals surface area contributed by atoms with Crippen LogP contribution < -0.4 is 10.6 Å². The van der Waals surface area contributed by atoms with E-state index < -0.39 is 6.10 Å². The van der Waals surface area contributed by atoms with E-state index >= 15 is 0 Å². The lowest BCUT2D eigenvalue weighted by Gasteiger charge is -2.32. The summed E-state index contributed by atoms with van der Waals surface area (Å²) in [6.45, 7) is 1.32. The molecule has 32 heavy (non-hydrogen) atoms. The Morgan fingerprint density at radius 1 is 1.28 bits per heavy atom. The quantitative estimate of drug-likeness (QED) is 0.438. The maximum atomic E-state index is 12.9. The Bertz CT molecular complexity index is 1340. The highest BCUT2D eigenvalue weighted by atomic mass is 16.5. The third kappa shape index (κ3) is 2.87. The Morgan fingerprint density at radius 2 is 2.16 bits per heavy atom. The molecule has 0 unspecified atom stereocenters. The fourth-order valence-corrected chi connectivity index (χ4v) is 4.29. The number of amides is 1. The predicted octanol–water partition coefficient (Wildman–Crippen LogP) is 1.61. The first kappa shape index (κ1) is 19.2. The minimum absolute atomic E-state index is 0.224. The molecule has 1 aliphatic carbocycles. The van der Waals surface area contributed by atoms with Crippen molar-refractivity contribution in [1.82, 2.24) is 29.5 Å². The van der Waals surface area contributed by atoms with Gasteiger partial charge in [-0.05, 0) is 25.0 Å². The van der Waals surface area contributed by atoms with Crippen LogP contribution in [0.25, 0.3) is 27.9 Å². The number of aliphatic hydroxyl groups excluding tert-OH is 1. The Kier molecular flexibility index (Phi) is 4.37. The van der Waals surface area contributed by atoms with Gasteiger partial charge in [0.15, 0.2) is 5.65 Å². The molecule has 6 rings (SSSR count). The fourth-order valence-electron chi connectivity index (χ4n) is 4.29. The molecule has 2 atom stereocenters. The number of nitrogens with one attached hydrogen (secondary N) is 2. The van der Waals surface area contributed by atoms with Gasteiger partial charge in [-0.25, -0.2) is 9.97 Å². The van der Waals surface area contributed by atoms with Gasteiger partial charge in [0, 0.05) is 36.5 Å². The molecule has 4 aromatic heterocycles. The van der Waals surface area contributed by atoms with E-state index in [1.807, 2.05) is 18.2 Å². The smallest absolute Gasteiger partial charge is 0.257 e. The molecule has 5 heterocycles. The number of hydrogen-bond donors (Lipinski definition) is 3. The van der Waals surface area contributed by atoms with E-state index in [0.717, 1.165) is 28.7 Å². The summed E-state index contributed by atoms with van der Waals surface area (Å²) in [7, 11) is 1.81. The van der Waals surface area contributed by atoms with Gasteiger partial charge in [-0.3, -0.25) is 4.79 Å². The fraction of sp³-hybridized carbons (Fsp3) is 0.364. The van der Waals surface area contributed by atoms with Crippen LogP contribution in [-0.4, -0.2) is 67.6 Å². The number of hydrogen-bond acceptors (Lipinski definition) is 7. The molecule has 0 spiro atoms. The molecule has 164 valence electrons. The maximum Gasteiger partial charge on any atom is 0.257 e. The molecule has 0 bridgehead atoms. The zero-order valence-corrected chi connectivity index (χ0v) is 17.5. The van der Waals surface area contributed by atoms with Gasteiger partial charge in [0.05, 0.1) is 43.3 Å².